The standard InChI is InChI=1S/C27H30F3N5O3/c1-15(2)35-23(31)21(24(32)37)22(33-35)17-5-3-16(4-6-17)11-18(36)12-19-13-20(34-38-19)25-7-9-26(14-25,10-8-25)27(28,29)30/h3-6,13,15H,7-12,14,31H2,1-2H3,(H2,32,37). The van der Waals surface area contributed by atoms with E-state index < -0.39 is 22.9 Å². The molecule has 2 bridgehead atoms. The Morgan fingerprint density at radius 1 is 1.11 bits per heavy atom. The number of halogens is 3. The lowest BCUT2D eigenvalue weighted by Gasteiger charge is -2.29. The first-order chi connectivity index (χ1) is 17.8. The van der Waals surface area contributed by atoms with Gasteiger partial charge in [-0.15, -0.1) is 0 Å². The normalized spacial score (nSPS) is 22.9. The highest BCUT2D eigenvalue weighted by atomic mass is 19.4. The van der Waals surface area contributed by atoms with Crippen LogP contribution in [0.1, 0.15) is 79.4 Å². The van der Waals surface area contributed by atoms with Crippen molar-refractivity contribution in [1.29, 1.82) is 0 Å². The summed E-state index contributed by atoms with van der Waals surface area (Å²) in [6.07, 6.45) is -2.98. The Kier molecular flexibility index (Phi) is 6.15. The van der Waals surface area contributed by atoms with Gasteiger partial charge in [-0.05, 0) is 51.5 Å². The van der Waals surface area contributed by atoms with E-state index in [2.05, 4.69) is 10.3 Å². The van der Waals surface area contributed by atoms with Crippen LogP contribution in [0.3, 0.4) is 0 Å². The summed E-state index contributed by atoms with van der Waals surface area (Å²) in [4.78, 5) is 24.7. The van der Waals surface area contributed by atoms with E-state index in [-0.39, 0.29) is 55.3 Å². The van der Waals surface area contributed by atoms with E-state index in [1.165, 1.54) is 0 Å². The van der Waals surface area contributed by atoms with Gasteiger partial charge in [0.25, 0.3) is 5.91 Å². The highest BCUT2D eigenvalue weighted by molar-refractivity contribution is 6.03. The van der Waals surface area contributed by atoms with Gasteiger partial charge < -0.3 is 16.0 Å². The number of nitrogens with zero attached hydrogens (tertiary/aromatic N) is 3. The number of carbonyl (C=O) groups excluding carboxylic acids is 2. The first-order valence-corrected chi connectivity index (χ1v) is 12.7. The number of anilines is 1. The van der Waals surface area contributed by atoms with Crippen molar-refractivity contribution in [3.05, 3.63) is 52.9 Å². The molecule has 0 atom stereocenters. The summed E-state index contributed by atoms with van der Waals surface area (Å²) in [5.41, 5.74) is 11.8. The van der Waals surface area contributed by atoms with E-state index in [4.69, 9.17) is 16.0 Å². The molecule has 0 radical (unpaired) electrons. The number of amides is 1. The van der Waals surface area contributed by atoms with Crippen molar-refractivity contribution in [3.63, 3.8) is 0 Å². The molecule has 4 N–H and O–H groups in total. The van der Waals surface area contributed by atoms with Gasteiger partial charge in [-0.2, -0.15) is 18.3 Å². The van der Waals surface area contributed by atoms with E-state index in [1.54, 1.807) is 35.0 Å². The van der Waals surface area contributed by atoms with Crippen LogP contribution in [-0.4, -0.2) is 32.8 Å². The van der Waals surface area contributed by atoms with Crippen LogP contribution in [0.2, 0.25) is 0 Å². The molecule has 11 heteroatoms. The molecule has 2 aliphatic rings. The maximum Gasteiger partial charge on any atom is 0.394 e. The summed E-state index contributed by atoms with van der Waals surface area (Å²) in [5, 5.41) is 8.54. The molecule has 5 rings (SSSR count). The molecule has 0 spiro atoms. The summed E-state index contributed by atoms with van der Waals surface area (Å²) in [6.45, 7) is 3.78. The number of aromatic nitrogens is 3. The molecule has 2 aromatic heterocycles. The quantitative estimate of drug-likeness (QED) is 0.426. The third-order valence-corrected chi connectivity index (χ3v) is 8.23. The largest absolute Gasteiger partial charge is 0.394 e. The summed E-state index contributed by atoms with van der Waals surface area (Å²) >= 11 is 0. The van der Waals surface area contributed by atoms with Gasteiger partial charge in [-0.1, -0.05) is 29.4 Å². The number of nitrogens with two attached hydrogens (primary N) is 2. The molecule has 2 saturated carbocycles. The van der Waals surface area contributed by atoms with Crippen molar-refractivity contribution in [2.24, 2.45) is 11.1 Å². The third kappa shape index (κ3) is 4.27. The Bertz CT molecular complexity index is 1380. The maximum atomic E-state index is 13.6. The Morgan fingerprint density at radius 3 is 2.32 bits per heavy atom. The number of hydrogen-bond donors (Lipinski definition) is 2. The summed E-state index contributed by atoms with van der Waals surface area (Å²) in [5.74, 6) is -0.235. The van der Waals surface area contributed by atoms with E-state index in [1.807, 2.05) is 13.8 Å². The zero-order valence-corrected chi connectivity index (χ0v) is 21.3. The van der Waals surface area contributed by atoms with Crippen molar-refractivity contribution in [2.45, 2.75) is 76.4 Å². The second kappa shape index (κ2) is 8.99. The monoisotopic (exact) mass is 529 g/mol. The smallest absolute Gasteiger partial charge is 0.383 e. The van der Waals surface area contributed by atoms with E-state index in [0.29, 0.717) is 35.6 Å². The zero-order valence-electron chi connectivity index (χ0n) is 21.3. The molecule has 2 aliphatic carbocycles. The van der Waals surface area contributed by atoms with Gasteiger partial charge in [-0.25, -0.2) is 4.68 Å². The molecule has 202 valence electrons. The number of carbonyl (C=O) groups is 2. The van der Waals surface area contributed by atoms with E-state index in [0.717, 1.165) is 5.56 Å². The molecular weight excluding hydrogens is 499 g/mol. The molecule has 1 aromatic carbocycles. The summed E-state index contributed by atoms with van der Waals surface area (Å²) < 4.78 is 47.8. The minimum atomic E-state index is -4.22. The number of Topliss-reactive ketones (excluding diaryl/α,β-unsaturated/α-hetero) is 1. The molecule has 0 unspecified atom stereocenters. The van der Waals surface area contributed by atoms with E-state index >= 15 is 0 Å². The molecule has 1 amide bonds. The first-order valence-electron chi connectivity index (χ1n) is 12.7. The Hall–Kier alpha value is -3.63. The van der Waals surface area contributed by atoms with Crippen LogP contribution < -0.4 is 11.5 Å². The molecule has 2 heterocycles. The molecule has 0 aliphatic heterocycles. The van der Waals surface area contributed by atoms with Crippen LogP contribution in [0, 0.1) is 5.41 Å². The van der Waals surface area contributed by atoms with Crippen molar-refractivity contribution in [3.8, 4) is 11.3 Å². The van der Waals surface area contributed by atoms with Gasteiger partial charge in [0, 0.05) is 29.5 Å². The van der Waals surface area contributed by atoms with Crippen molar-refractivity contribution in [2.75, 3.05) is 5.73 Å². The van der Waals surface area contributed by atoms with Gasteiger partial charge in [-0.3, -0.25) is 9.59 Å². The first kappa shape index (κ1) is 26.0. The van der Waals surface area contributed by atoms with Crippen LogP contribution in [0.25, 0.3) is 11.3 Å². The highest BCUT2D eigenvalue weighted by Gasteiger charge is 2.67. The number of hydrogen-bond acceptors (Lipinski definition) is 6. The van der Waals surface area contributed by atoms with Crippen LogP contribution in [0.15, 0.2) is 34.9 Å². The lowest BCUT2D eigenvalue weighted by molar-refractivity contribution is -0.220. The SMILES string of the molecule is CC(C)n1nc(-c2ccc(CC(=O)Cc3cc(C45CCC(C(F)(F)F)(CC4)C5)no3)cc2)c(C(N)=O)c1N. The second-order valence-corrected chi connectivity index (χ2v) is 11.0. The van der Waals surface area contributed by atoms with Crippen LogP contribution in [0.5, 0.6) is 0 Å². The summed E-state index contributed by atoms with van der Waals surface area (Å²) in [6, 6.07) is 8.62. The number of benzene rings is 1. The number of rotatable bonds is 8. The third-order valence-electron chi connectivity index (χ3n) is 8.23. The second-order valence-electron chi connectivity index (χ2n) is 11.0. The van der Waals surface area contributed by atoms with Gasteiger partial charge >= 0.3 is 6.18 Å². The molecule has 8 nitrogen and oxygen atoms in total. The Balaban J connectivity index is 1.26. The average molecular weight is 530 g/mol. The van der Waals surface area contributed by atoms with Gasteiger partial charge in [0.05, 0.1) is 17.5 Å². The van der Waals surface area contributed by atoms with Crippen molar-refractivity contribution >= 4 is 17.5 Å². The van der Waals surface area contributed by atoms with Crippen LogP contribution >= 0.6 is 0 Å². The predicted octanol–water partition coefficient (Wildman–Crippen LogP) is 4.92. The molecular formula is C27H30F3N5O3. The fourth-order valence-electron chi connectivity index (χ4n) is 6.14. The molecule has 38 heavy (non-hydrogen) atoms. The number of alkyl halides is 3. The van der Waals surface area contributed by atoms with Gasteiger partial charge in [0.2, 0.25) is 0 Å². The minimum Gasteiger partial charge on any atom is -0.383 e. The fourth-order valence-corrected chi connectivity index (χ4v) is 6.14. The lowest BCUT2D eigenvalue weighted by atomic mass is 9.80. The molecule has 3 aromatic rings. The summed E-state index contributed by atoms with van der Waals surface area (Å²) in [7, 11) is 0. The highest BCUT2D eigenvalue weighted by Crippen LogP contribution is 2.67. The molecule has 2 fully saturated rings. The number of fused-ring (bicyclic) bond motifs is 2. The van der Waals surface area contributed by atoms with Crippen LogP contribution in [0.4, 0.5) is 19.0 Å². The number of primary amides is 1. The predicted molar refractivity (Wildman–Crippen MR) is 133 cm³/mol. The lowest BCUT2D eigenvalue weighted by Crippen LogP contribution is -2.33. The number of ketones is 1. The molecule has 0 saturated heterocycles. The number of nitrogen functional groups attached to an aromatic ring is 1. The minimum absolute atomic E-state index is 0.00357. The average Bonchev–Trinajstić information content (AvgIpc) is 3.61. The Labute approximate surface area is 217 Å². The van der Waals surface area contributed by atoms with Crippen molar-refractivity contribution in [1.82, 2.24) is 14.9 Å². The van der Waals surface area contributed by atoms with Gasteiger partial charge in [0.15, 0.2) is 0 Å². The van der Waals surface area contributed by atoms with Gasteiger partial charge in [0.1, 0.15) is 28.6 Å². The maximum absolute atomic E-state index is 13.6. The van der Waals surface area contributed by atoms with Crippen LogP contribution in [-0.2, 0) is 23.1 Å². The topological polar surface area (TPSA) is 130 Å². The van der Waals surface area contributed by atoms with Crippen molar-refractivity contribution < 1.29 is 27.3 Å². The van der Waals surface area contributed by atoms with E-state index in [9.17, 15) is 22.8 Å². The fraction of sp³-hybridized carbons (Fsp3) is 0.481. The zero-order chi connectivity index (χ0) is 27.5. The Morgan fingerprint density at radius 2 is 1.76 bits per heavy atom.